The molecule has 3 nitrogen and oxygen atoms in total. The summed E-state index contributed by atoms with van der Waals surface area (Å²) in [5.74, 6) is -2.52. The maximum Gasteiger partial charge on any atom is 0.250 e. The van der Waals surface area contributed by atoms with Gasteiger partial charge in [-0.3, -0.25) is 4.79 Å². The van der Waals surface area contributed by atoms with E-state index in [0.29, 0.717) is 12.2 Å². The first-order valence-corrected chi connectivity index (χ1v) is 4.50. The number of alkyl halides is 2. The van der Waals surface area contributed by atoms with Gasteiger partial charge in [-0.05, 0) is 6.42 Å². The first kappa shape index (κ1) is 9.30. The van der Waals surface area contributed by atoms with Gasteiger partial charge in [-0.1, -0.05) is 0 Å². The Labute approximate surface area is 79.2 Å². The van der Waals surface area contributed by atoms with Crippen molar-refractivity contribution in [1.29, 1.82) is 0 Å². The number of hydrogen-bond donors (Lipinski definition) is 1. The van der Waals surface area contributed by atoms with Gasteiger partial charge in [0.1, 0.15) is 5.82 Å². The summed E-state index contributed by atoms with van der Waals surface area (Å²) in [6, 6.07) is 1.27. The van der Waals surface area contributed by atoms with Gasteiger partial charge < -0.3 is 4.98 Å². The van der Waals surface area contributed by atoms with Crippen LogP contribution in [-0.4, -0.2) is 15.9 Å². The predicted molar refractivity (Wildman–Crippen MR) is 46.4 cm³/mol. The molecule has 1 fully saturated rings. The van der Waals surface area contributed by atoms with Crippen molar-refractivity contribution in [1.82, 2.24) is 9.97 Å². The SMILES string of the molecule is O=c1ccnc(C2CCC(F)(F)C2)[nH]1. The van der Waals surface area contributed by atoms with E-state index in [-0.39, 0.29) is 24.3 Å². The molecule has 1 unspecified atom stereocenters. The predicted octanol–water partition coefficient (Wildman–Crippen LogP) is 1.67. The Bertz CT molecular complexity index is 388. The summed E-state index contributed by atoms with van der Waals surface area (Å²) in [4.78, 5) is 17.3. The molecule has 1 heterocycles. The molecule has 14 heavy (non-hydrogen) atoms. The number of hydrogen-bond acceptors (Lipinski definition) is 2. The lowest BCUT2D eigenvalue weighted by molar-refractivity contribution is 0.00753. The van der Waals surface area contributed by atoms with Gasteiger partial charge in [-0.25, -0.2) is 13.8 Å². The van der Waals surface area contributed by atoms with Gasteiger partial charge in [-0.15, -0.1) is 0 Å². The van der Waals surface area contributed by atoms with E-state index >= 15 is 0 Å². The van der Waals surface area contributed by atoms with Crippen LogP contribution in [0.15, 0.2) is 17.1 Å². The third kappa shape index (κ3) is 1.81. The molecule has 76 valence electrons. The molecule has 0 aromatic carbocycles. The highest BCUT2D eigenvalue weighted by Crippen LogP contribution is 2.42. The van der Waals surface area contributed by atoms with Crippen molar-refractivity contribution < 1.29 is 8.78 Å². The van der Waals surface area contributed by atoms with Gasteiger partial charge in [0.2, 0.25) is 5.92 Å². The van der Waals surface area contributed by atoms with Crippen molar-refractivity contribution >= 4 is 0 Å². The fourth-order valence-electron chi connectivity index (χ4n) is 1.78. The number of nitrogens with zero attached hydrogens (tertiary/aromatic N) is 1. The summed E-state index contributed by atoms with van der Waals surface area (Å²) in [5, 5.41) is 0. The lowest BCUT2D eigenvalue weighted by Crippen LogP contribution is -2.13. The summed E-state index contributed by atoms with van der Waals surface area (Å²) in [7, 11) is 0. The van der Waals surface area contributed by atoms with Gasteiger partial charge >= 0.3 is 0 Å². The topological polar surface area (TPSA) is 45.8 Å². The molecular formula is C9H10F2N2O. The van der Waals surface area contributed by atoms with Crippen LogP contribution >= 0.6 is 0 Å². The molecule has 1 saturated carbocycles. The Balaban J connectivity index is 2.22. The second kappa shape index (κ2) is 3.15. The van der Waals surface area contributed by atoms with E-state index in [1.54, 1.807) is 0 Å². The summed E-state index contributed by atoms with van der Waals surface area (Å²) >= 11 is 0. The Kier molecular flexibility index (Phi) is 2.09. The summed E-state index contributed by atoms with van der Waals surface area (Å²) in [6.07, 6.45) is 1.42. The van der Waals surface area contributed by atoms with E-state index in [2.05, 4.69) is 9.97 Å². The van der Waals surface area contributed by atoms with E-state index in [4.69, 9.17) is 0 Å². The van der Waals surface area contributed by atoms with E-state index in [1.165, 1.54) is 12.3 Å². The fourth-order valence-corrected chi connectivity index (χ4v) is 1.78. The Morgan fingerprint density at radius 2 is 2.36 bits per heavy atom. The monoisotopic (exact) mass is 200 g/mol. The molecule has 5 heteroatoms. The number of rotatable bonds is 1. The molecule has 0 spiro atoms. The van der Waals surface area contributed by atoms with Gasteiger partial charge in [-0.2, -0.15) is 0 Å². The van der Waals surface area contributed by atoms with Crippen LogP contribution in [0.1, 0.15) is 31.0 Å². The molecule has 2 rings (SSSR count). The number of nitrogens with one attached hydrogen (secondary N) is 1. The highest BCUT2D eigenvalue weighted by atomic mass is 19.3. The zero-order chi connectivity index (χ0) is 10.2. The molecule has 1 aliphatic carbocycles. The summed E-state index contributed by atoms with van der Waals surface area (Å²) in [6.45, 7) is 0. The van der Waals surface area contributed by atoms with Crippen molar-refractivity contribution in [2.45, 2.75) is 31.1 Å². The Morgan fingerprint density at radius 1 is 1.57 bits per heavy atom. The fraction of sp³-hybridized carbons (Fsp3) is 0.556. The molecule has 1 aromatic rings. The van der Waals surface area contributed by atoms with Crippen molar-refractivity contribution in [3.8, 4) is 0 Å². The van der Waals surface area contributed by atoms with Crippen LogP contribution in [0.2, 0.25) is 0 Å². The standard InChI is InChI=1S/C9H10F2N2O/c10-9(11)3-1-6(5-9)8-12-4-2-7(14)13-8/h2,4,6H,1,3,5H2,(H,12,13,14). The Hall–Kier alpha value is -1.26. The maximum absolute atomic E-state index is 12.9. The third-order valence-electron chi connectivity index (χ3n) is 2.48. The first-order valence-electron chi connectivity index (χ1n) is 4.50. The zero-order valence-electron chi connectivity index (χ0n) is 7.46. The van der Waals surface area contributed by atoms with Crippen LogP contribution in [0, 0.1) is 0 Å². The second-order valence-corrected chi connectivity index (χ2v) is 3.62. The quantitative estimate of drug-likeness (QED) is 0.749. The van der Waals surface area contributed by atoms with Crippen LogP contribution < -0.4 is 5.56 Å². The Morgan fingerprint density at radius 3 is 2.93 bits per heavy atom. The molecule has 0 aliphatic heterocycles. The number of halogens is 2. The number of H-pyrrole nitrogens is 1. The van der Waals surface area contributed by atoms with Crippen molar-refractivity contribution in [3.05, 3.63) is 28.4 Å². The molecular weight excluding hydrogens is 190 g/mol. The second-order valence-electron chi connectivity index (χ2n) is 3.62. The third-order valence-corrected chi connectivity index (χ3v) is 2.48. The smallest absolute Gasteiger partial charge is 0.250 e. The van der Waals surface area contributed by atoms with Crippen LogP contribution in [-0.2, 0) is 0 Å². The highest BCUT2D eigenvalue weighted by Gasteiger charge is 2.40. The van der Waals surface area contributed by atoms with Crippen LogP contribution in [0.3, 0.4) is 0 Å². The molecule has 1 N–H and O–H groups in total. The molecule has 0 amide bonds. The van der Waals surface area contributed by atoms with Gasteiger partial charge in [0.05, 0.1) is 0 Å². The molecule has 0 radical (unpaired) electrons. The van der Waals surface area contributed by atoms with Gasteiger partial charge in [0.15, 0.2) is 0 Å². The van der Waals surface area contributed by atoms with E-state index < -0.39 is 5.92 Å². The summed E-state index contributed by atoms with van der Waals surface area (Å²) in [5.41, 5.74) is -0.287. The first-order chi connectivity index (χ1) is 6.57. The van der Waals surface area contributed by atoms with E-state index in [9.17, 15) is 13.6 Å². The van der Waals surface area contributed by atoms with Crippen LogP contribution in [0.5, 0.6) is 0 Å². The van der Waals surface area contributed by atoms with Crippen LogP contribution in [0.25, 0.3) is 0 Å². The average Bonchev–Trinajstić information content (AvgIpc) is 2.46. The van der Waals surface area contributed by atoms with Crippen LogP contribution in [0.4, 0.5) is 8.78 Å². The molecule has 0 bridgehead atoms. The molecule has 1 aliphatic rings. The molecule has 1 aromatic heterocycles. The average molecular weight is 200 g/mol. The normalized spacial score (nSPS) is 25.1. The number of aromatic nitrogens is 2. The van der Waals surface area contributed by atoms with Crippen molar-refractivity contribution in [3.63, 3.8) is 0 Å². The maximum atomic E-state index is 12.9. The number of aromatic amines is 1. The highest BCUT2D eigenvalue weighted by molar-refractivity contribution is 5.02. The van der Waals surface area contributed by atoms with Gasteiger partial charge in [0, 0.05) is 31.0 Å². The lowest BCUT2D eigenvalue weighted by atomic mass is 10.1. The molecule has 0 saturated heterocycles. The minimum absolute atomic E-state index is 0.115. The lowest BCUT2D eigenvalue weighted by Gasteiger charge is -2.08. The van der Waals surface area contributed by atoms with Crippen molar-refractivity contribution in [2.75, 3.05) is 0 Å². The van der Waals surface area contributed by atoms with E-state index in [1.807, 2.05) is 0 Å². The summed E-state index contributed by atoms with van der Waals surface area (Å²) < 4.78 is 25.7. The van der Waals surface area contributed by atoms with Crippen molar-refractivity contribution in [2.24, 2.45) is 0 Å². The van der Waals surface area contributed by atoms with Gasteiger partial charge in [0.25, 0.3) is 5.56 Å². The minimum atomic E-state index is -2.60. The molecule has 1 atom stereocenters. The minimum Gasteiger partial charge on any atom is -0.310 e. The zero-order valence-corrected chi connectivity index (χ0v) is 7.46. The van der Waals surface area contributed by atoms with E-state index in [0.717, 1.165) is 0 Å². The largest absolute Gasteiger partial charge is 0.310 e.